The van der Waals surface area contributed by atoms with Crippen LogP contribution in [0.5, 0.6) is 0 Å². The summed E-state index contributed by atoms with van der Waals surface area (Å²) in [7, 11) is 0. The molecule has 1 amide bonds. The lowest BCUT2D eigenvalue weighted by Crippen LogP contribution is -2.25. The molecule has 0 bridgehead atoms. The molecule has 0 radical (unpaired) electrons. The fraction of sp³-hybridized carbons (Fsp3) is 0.188. The zero-order chi connectivity index (χ0) is 17.8. The Bertz CT molecular complexity index is 967. The van der Waals surface area contributed by atoms with Crippen LogP contribution in [0.25, 0.3) is 5.69 Å². The maximum absolute atomic E-state index is 12.4. The molecular weight excluding hydrogens is 358 g/mol. The number of hydrogen-bond donors (Lipinski definition) is 1. The van der Waals surface area contributed by atoms with Crippen molar-refractivity contribution in [3.05, 3.63) is 58.0 Å². The van der Waals surface area contributed by atoms with Crippen LogP contribution in [0, 0.1) is 6.92 Å². The van der Waals surface area contributed by atoms with Crippen LogP contribution in [0.1, 0.15) is 23.0 Å². The van der Waals surface area contributed by atoms with Gasteiger partial charge in [-0.3, -0.25) is 14.9 Å². The lowest BCUT2D eigenvalue weighted by atomic mass is 10.2. The van der Waals surface area contributed by atoms with Crippen molar-refractivity contribution in [2.75, 3.05) is 11.1 Å². The zero-order valence-corrected chi connectivity index (χ0v) is 15.2. The molecule has 0 aliphatic carbocycles. The van der Waals surface area contributed by atoms with Gasteiger partial charge in [0, 0.05) is 12.3 Å². The largest absolute Gasteiger partial charge is 0.295 e. The van der Waals surface area contributed by atoms with E-state index in [0.717, 1.165) is 21.3 Å². The molecule has 3 aromatic rings. The van der Waals surface area contributed by atoms with Gasteiger partial charge in [0.05, 0.1) is 5.69 Å². The smallest absolute Gasteiger partial charge is 0.282 e. The third kappa shape index (κ3) is 4.12. The van der Waals surface area contributed by atoms with Crippen molar-refractivity contribution < 1.29 is 4.79 Å². The molecule has 0 spiro atoms. The highest BCUT2D eigenvalue weighted by Gasteiger charge is 2.16. The molecule has 0 fully saturated rings. The number of carbonyl (C=O) groups is 1. The Morgan fingerprint density at radius 3 is 2.92 bits per heavy atom. The Kier molecular flexibility index (Phi) is 5.25. The summed E-state index contributed by atoms with van der Waals surface area (Å²) in [6.45, 7) is 3.97. The lowest BCUT2D eigenvalue weighted by molar-refractivity contribution is 0.101. The van der Waals surface area contributed by atoms with Crippen LogP contribution in [-0.2, 0) is 0 Å². The highest BCUT2D eigenvalue weighted by atomic mass is 32.2. The third-order valence-corrected chi connectivity index (χ3v) is 5.04. The van der Waals surface area contributed by atoms with E-state index in [0.29, 0.717) is 5.13 Å². The van der Waals surface area contributed by atoms with Crippen molar-refractivity contribution in [2.24, 2.45) is 0 Å². The van der Waals surface area contributed by atoms with E-state index in [4.69, 9.17) is 0 Å². The van der Waals surface area contributed by atoms with Gasteiger partial charge in [0.2, 0.25) is 10.6 Å². The SMILES string of the molecule is CCSc1nnc(NC(=O)c2nn(-c3cccc(C)c3)ccc2=O)s1. The van der Waals surface area contributed by atoms with E-state index in [9.17, 15) is 9.59 Å². The lowest BCUT2D eigenvalue weighted by Gasteiger charge is -2.07. The average Bonchev–Trinajstić information content (AvgIpc) is 3.02. The number of carbonyl (C=O) groups excluding carboxylic acids is 1. The molecule has 3 rings (SSSR count). The number of aromatic nitrogens is 4. The molecule has 0 saturated carbocycles. The molecule has 25 heavy (non-hydrogen) atoms. The maximum atomic E-state index is 12.4. The van der Waals surface area contributed by atoms with Gasteiger partial charge < -0.3 is 0 Å². The summed E-state index contributed by atoms with van der Waals surface area (Å²) in [5, 5.41) is 15.0. The first-order valence-electron chi connectivity index (χ1n) is 7.51. The molecule has 0 atom stereocenters. The fourth-order valence-corrected chi connectivity index (χ4v) is 3.72. The average molecular weight is 373 g/mol. The molecule has 0 aliphatic rings. The summed E-state index contributed by atoms with van der Waals surface area (Å²) in [5.41, 5.74) is 1.18. The van der Waals surface area contributed by atoms with E-state index in [-0.39, 0.29) is 5.69 Å². The molecule has 1 aromatic carbocycles. The standard InChI is InChI=1S/C16H15N5O2S2/c1-3-24-16-19-18-15(25-16)17-14(23)13-12(22)7-8-21(20-13)11-6-4-5-10(2)9-11/h4-9H,3H2,1-2H3,(H,17,18,23). The Balaban J connectivity index is 1.86. The van der Waals surface area contributed by atoms with Gasteiger partial charge in [0.15, 0.2) is 10.0 Å². The molecule has 0 unspecified atom stereocenters. The van der Waals surface area contributed by atoms with Gasteiger partial charge in [-0.15, -0.1) is 10.2 Å². The normalized spacial score (nSPS) is 10.6. The van der Waals surface area contributed by atoms with E-state index in [1.165, 1.54) is 40.0 Å². The van der Waals surface area contributed by atoms with E-state index >= 15 is 0 Å². The number of thioether (sulfide) groups is 1. The van der Waals surface area contributed by atoms with E-state index < -0.39 is 11.3 Å². The van der Waals surface area contributed by atoms with Crippen molar-refractivity contribution in [1.82, 2.24) is 20.0 Å². The summed E-state index contributed by atoms with van der Waals surface area (Å²) in [4.78, 5) is 24.4. The van der Waals surface area contributed by atoms with Gasteiger partial charge in [-0.05, 0) is 30.4 Å². The predicted molar refractivity (Wildman–Crippen MR) is 98.8 cm³/mol. The molecule has 0 aliphatic heterocycles. The number of nitrogens with zero attached hydrogens (tertiary/aromatic N) is 4. The minimum atomic E-state index is -0.601. The second-order valence-corrected chi connectivity index (χ2v) is 7.56. The van der Waals surface area contributed by atoms with E-state index in [1.54, 1.807) is 0 Å². The Morgan fingerprint density at radius 2 is 2.16 bits per heavy atom. The topological polar surface area (TPSA) is 89.8 Å². The number of aryl methyl sites for hydroxylation is 1. The van der Waals surface area contributed by atoms with Crippen LogP contribution >= 0.6 is 23.1 Å². The van der Waals surface area contributed by atoms with Gasteiger partial charge in [-0.2, -0.15) is 5.10 Å². The van der Waals surface area contributed by atoms with Crippen LogP contribution in [0.15, 0.2) is 45.7 Å². The zero-order valence-electron chi connectivity index (χ0n) is 13.6. The van der Waals surface area contributed by atoms with Crippen molar-refractivity contribution in [3.63, 3.8) is 0 Å². The minimum absolute atomic E-state index is 0.191. The molecular formula is C16H15N5O2S2. The summed E-state index contributed by atoms with van der Waals surface area (Å²) in [5.74, 6) is 0.264. The number of nitrogens with one attached hydrogen (secondary N) is 1. The Hall–Kier alpha value is -2.52. The molecule has 128 valence electrons. The summed E-state index contributed by atoms with van der Waals surface area (Å²) in [6.07, 6.45) is 1.54. The van der Waals surface area contributed by atoms with Crippen molar-refractivity contribution in [3.8, 4) is 5.69 Å². The van der Waals surface area contributed by atoms with E-state index in [1.807, 2.05) is 38.1 Å². The number of anilines is 1. The van der Waals surface area contributed by atoms with Crippen molar-refractivity contribution >= 4 is 34.1 Å². The van der Waals surface area contributed by atoms with Crippen LogP contribution in [0.2, 0.25) is 0 Å². The highest BCUT2D eigenvalue weighted by molar-refractivity contribution is 8.01. The van der Waals surface area contributed by atoms with Gasteiger partial charge in [-0.25, -0.2) is 4.68 Å². The van der Waals surface area contributed by atoms with Crippen LogP contribution in [0.4, 0.5) is 5.13 Å². The maximum Gasteiger partial charge on any atom is 0.282 e. The quantitative estimate of drug-likeness (QED) is 0.546. The van der Waals surface area contributed by atoms with Crippen LogP contribution in [-0.4, -0.2) is 31.6 Å². The first kappa shape index (κ1) is 17.3. The van der Waals surface area contributed by atoms with Crippen LogP contribution in [0.3, 0.4) is 0 Å². The Morgan fingerprint density at radius 1 is 1.32 bits per heavy atom. The fourth-order valence-electron chi connectivity index (χ4n) is 2.08. The second kappa shape index (κ2) is 7.58. The highest BCUT2D eigenvalue weighted by Crippen LogP contribution is 2.25. The molecule has 0 saturated heterocycles. The third-order valence-electron chi connectivity index (χ3n) is 3.18. The molecule has 9 heteroatoms. The second-order valence-electron chi connectivity index (χ2n) is 5.07. The first-order valence-corrected chi connectivity index (χ1v) is 9.31. The van der Waals surface area contributed by atoms with Crippen LogP contribution < -0.4 is 10.7 Å². The summed E-state index contributed by atoms with van der Waals surface area (Å²) in [6, 6.07) is 8.94. The molecule has 7 nitrogen and oxygen atoms in total. The van der Waals surface area contributed by atoms with Gasteiger partial charge in [0.25, 0.3) is 5.91 Å². The minimum Gasteiger partial charge on any atom is -0.295 e. The molecule has 2 heterocycles. The number of rotatable bonds is 5. The predicted octanol–water partition coefficient (Wildman–Crippen LogP) is 2.76. The van der Waals surface area contributed by atoms with E-state index in [2.05, 4.69) is 20.6 Å². The number of hydrogen-bond acceptors (Lipinski definition) is 7. The van der Waals surface area contributed by atoms with Gasteiger partial charge in [-0.1, -0.05) is 42.2 Å². The summed E-state index contributed by atoms with van der Waals surface area (Å²) >= 11 is 2.80. The van der Waals surface area contributed by atoms with Crippen molar-refractivity contribution in [2.45, 2.75) is 18.2 Å². The first-order chi connectivity index (χ1) is 12.1. The molecule has 1 N–H and O–H groups in total. The number of amides is 1. The number of benzene rings is 1. The summed E-state index contributed by atoms with van der Waals surface area (Å²) < 4.78 is 2.26. The van der Waals surface area contributed by atoms with Gasteiger partial charge in [0.1, 0.15) is 0 Å². The molecule has 2 aromatic heterocycles. The Labute approximate surface area is 152 Å². The van der Waals surface area contributed by atoms with Crippen molar-refractivity contribution in [1.29, 1.82) is 0 Å². The van der Waals surface area contributed by atoms with Gasteiger partial charge >= 0.3 is 0 Å². The monoisotopic (exact) mass is 373 g/mol.